The van der Waals surface area contributed by atoms with Crippen LogP contribution in [0.15, 0.2) is 0 Å². The molecule has 0 radical (unpaired) electrons. The maximum Gasteiger partial charge on any atom is 0.201 e. The van der Waals surface area contributed by atoms with Crippen LogP contribution in [0.2, 0.25) is 0 Å². The molecule has 4 nitrogen and oxygen atoms in total. The predicted octanol–water partition coefficient (Wildman–Crippen LogP) is -0.880. The molecule has 3 fully saturated rings. The molecule has 0 N–H and O–H groups in total. The van der Waals surface area contributed by atoms with Gasteiger partial charge < -0.3 is 14.2 Å². The van der Waals surface area contributed by atoms with Gasteiger partial charge in [-0.2, -0.15) is 0 Å². The monoisotopic (exact) mass is 156 g/mol. The predicted molar refractivity (Wildman–Crippen MR) is 33.1 cm³/mol. The van der Waals surface area contributed by atoms with Crippen LogP contribution in [0, 0.1) is 0 Å². The SMILES string of the molecule is COC[C@@]12O[C@@H]1[C@H]1O[C@H]1C2=O. The summed E-state index contributed by atoms with van der Waals surface area (Å²) in [5, 5.41) is 0. The van der Waals surface area contributed by atoms with Gasteiger partial charge in [0.2, 0.25) is 5.78 Å². The number of methoxy groups -OCH3 is 1. The Morgan fingerprint density at radius 2 is 2.55 bits per heavy atom. The number of hydrogen-bond acceptors (Lipinski definition) is 4. The molecule has 4 heteroatoms. The highest BCUT2D eigenvalue weighted by atomic mass is 16.7. The van der Waals surface area contributed by atoms with E-state index in [0.717, 1.165) is 0 Å². The number of epoxide rings is 2. The lowest BCUT2D eigenvalue weighted by Gasteiger charge is -2.04. The van der Waals surface area contributed by atoms with Gasteiger partial charge in [0, 0.05) is 7.11 Å². The number of rotatable bonds is 2. The third kappa shape index (κ3) is 0.514. The fraction of sp³-hybridized carbons (Fsp3) is 0.857. The number of Topliss-reactive ketones (excluding diaryl/α,β-unsaturated/α-hetero) is 1. The van der Waals surface area contributed by atoms with Crippen molar-refractivity contribution in [1.82, 2.24) is 0 Å². The molecule has 11 heavy (non-hydrogen) atoms. The molecule has 0 spiro atoms. The van der Waals surface area contributed by atoms with E-state index in [4.69, 9.17) is 14.2 Å². The van der Waals surface area contributed by atoms with Crippen LogP contribution >= 0.6 is 0 Å². The van der Waals surface area contributed by atoms with Crippen molar-refractivity contribution in [2.75, 3.05) is 13.7 Å². The number of ether oxygens (including phenoxy) is 3. The topological polar surface area (TPSA) is 51.4 Å². The molecule has 2 aliphatic heterocycles. The molecular formula is C7H8O4. The molecule has 0 aromatic heterocycles. The van der Waals surface area contributed by atoms with Crippen molar-refractivity contribution in [2.45, 2.75) is 23.9 Å². The Balaban J connectivity index is 1.88. The van der Waals surface area contributed by atoms with E-state index in [0.29, 0.717) is 6.61 Å². The summed E-state index contributed by atoms with van der Waals surface area (Å²) in [6.07, 6.45) is -0.110. The third-order valence-corrected chi connectivity index (χ3v) is 2.60. The van der Waals surface area contributed by atoms with Crippen LogP contribution in [-0.2, 0) is 19.0 Å². The van der Waals surface area contributed by atoms with Gasteiger partial charge in [0.1, 0.15) is 18.3 Å². The second-order valence-electron chi connectivity index (χ2n) is 3.25. The fourth-order valence-electron chi connectivity index (χ4n) is 1.93. The maximum atomic E-state index is 11.4. The van der Waals surface area contributed by atoms with Crippen molar-refractivity contribution < 1.29 is 19.0 Å². The summed E-state index contributed by atoms with van der Waals surface area (Å²) in [5.41, 5.74) is -0.595. The highest BCUT2D eigenvalue weighted by Gasteiger charge is 2.81. The minimum atomic E-state index is -0.595. The van der Waals surface area contributed by atoms with Crippen LogP contribution < -0.4 is 0 Å². The van der Waals surface area contributed by atoms with Crippen LogP contribution in [0.4, 0.5) is 0 Å². The van der Waals surface area contributed by atoms with Crippen molar-refractivity contribution in [3.05, 3.63) is 0 Å². The summed E-state index contributed by atoms with van der Waals surface area (Å²) in [5.74, 6) is 0.0781. The first kappa shape index (κ1) is 6.11. The molecule has 1 aliphatic carbocycles. The molecule has 0 unspecified atom stereocenters. The van der Waals surface area contributed by atoms with E-state index in [9.17, 15) is 4.79 Å². The second-order valence-corrected chi connectivity index (χ2v) is 3.25. The quantitative estimate of drug-likeness (QED) is 0.487. The van der Waals surface area contributed by atoms with E-state index in [-0.39, 0.29) is 24.1 Å². The molecule has 0 amide bonds. The number of carbonyl (C=O) groups excluding carboxylic acids is 1. The molecule has 1 saturated carbocycles. The Bertz CT molecular complexity index is 239. The van der Waals surface area contributed by atoms with Gasteiger partial charge in [-0.15, -0.1) is 0 Å². The number of fused-ring (bicyclic) bond motifs is 3. The highest BCUT2D eigenvalue weighted by Crippen LogP contribution is 2.56. The smallest absolute Gasteiger partial charge is 0.201 e. The zero-order valence-corrected chi connectivity index (χ0v) is 6.07. The summed E-state index contributed by atoms with van der Waals surface area (Å²) >= 11 is 0. The van der Waals surface area contributed by atoms with Crippen molar-refractivity contribution in [2.24, 2.45) is 0 Å². The maximum absolute atomic E-state index is 11.4. The van der Waals surface area contributed by atoms with Gasteiger partial charge in [-0.3, -0.25) is 4.79 Å². The van der Waals surface area contributed by atoms with Crippen molar-refractivity contribution in [3.63, 3.8) is 0 Å². The van der Waals surface area contributed by atoms with Crippen LogP contribution in [0.5, 0.6) is 0 Å². The number of carbonyl (C=O) groups is 1. The fourth-order valence-corrected chi connectivity index (χ4v) is 1.93. The van der Waals surface area contributed by atoms with Gasteiger partial charge in [0.25, 0.3) is 0 Å². The Kier molecular flexibility index (Phi) is 0.835. The largest absolute Gasteiger partial charge is 0.381 e. The van der Waals surface area contributed by atoms with E-state index in [1.807, 2.05) is 0 Å². The lowest BCUT2D eigenvalue weighted by atomic mass is 10.1. The van der Waals surface area contributed by atoms with Crippen LogP contribution in [0.1, 0.15) is 0 Å². The first-order chi connectivity index (χ1) is 5.29. The minimum Gasteiger partial charge on any atom is -0.381 e. The first-order valence-electron chi connectivity index (χ1n) is 3.66. The van der Waals surface area contributed by atoms with Crippen molar-refractivity contribution in [3.8, 4) is 0 Å². The summed E-state index contributed by atoms with van der Waals surface area (Å²) < 4.78 is 15.2. The van der Waals surface area contributed by atoms with E-state index < -0.39 is 5.60 Å². The Morgan fingerprint density at radius 1 is 1.73 bits per heavy atom. The van der Waals surface area contributed by atoms with Gasteiger partial charge in [0.05, 0.1) is 6.61 Å². The number of ketones is 1. The van der Waals surface area contributed by atoms with E-state index in [1.165, 1.54) is 0 Å². The van der Waals surface area contributed by atoms with Gasteiger partial charge in [-0.05, 0) is 0 Å². The molecule has 2 saturated heterocycles. The molecule has 0 aromatic rings. The average Bonchev–Trinajstić information content (AvgIpc) is 2.76. The molecular weight excluding hydrogens is 148 g/mol. The van der Waals surface area contributed by atoms with Crippen LogP contribution in [-0.4, -0.2) is 43.4 Å². The van der Waals surface area contributed by atoms with Crippen LogP contribution in [0.25, 0.3) is 0 Å². The summed E-state index contributed by atoms with van der Waals surface area (Å²) in [7, 11) is 1.57. The lowest BCUT2D eigenvalue weighted by molar-refractivity contribution is -0.127. The molecule has 60 valence electrons. The average molecular weight is 156 g/mol. The summed E-state index contributed by atoms with van der Waals surface area (Å²) in [6.45, 7) is 0.382. The molecule has 2 heterocycles. The molecule has 0 aromatic carbocycles. The standard InChI is InChI=1S/C7H8O4/c1-9-2-7-5(8)3-4(10-3)6(7)11-7/h3-4,6H,2H2,1H3/t3-,4+,6-,7+/m1/s1. The third-order valence-electron chi connectivity index (χ3n) is 2.60. The first-order valence-corrected chi connectivity index (χ1v) is 3.66. The van der Waals surface area contributed by atoms with E-state index >= 15 is 0 Å². The molecule has 3 aliphatic rings. The van der Waals surface area contributed by atoms with E-state index in [2.05, 4.69) is 0 Å². The molecule has 4 atom stereocenters. The van der Waals surface area contributed by atoms with Gasteiger partial charge in [0.15, 0.2) is 5.60 Å². The molecule has 3 rings (SSSR count). The molecule has 0 bridgehead atoms. The number of hydrogen-bond donors (Lipinski definition) is 0. The van der Waals surface area contributed by atoms with Gasteiger partial charge in [-0.25, -0.2) is 0 Å². The Labute approximate surface area is 63.4 Å². The summed E-state index contributed by atoms with van der Waals surface area (Å²) in [6, 6.07) is 0. The Hall–Kier alpha value is -0.450. The van der Waals surface area contributed by atoms with Crippen LogP contribution in [0.3, 0.4) is 0 Å². The highest BCUT2D eigenvalue weighted by molar-refractivity contribution is 6.01. The minimum absolute atomic E-state index is 0.0000463. The summed E-state index contributed by atoms with van der Waals surface area (Å²) in [4.78, 5) is 11.4. The zero-order valence-electron chi connectivity index (χ0n) is 6.07. The van der Waals surface area contributed by atoms with Gasteiger partial charge >= 0.3 is 0 Å². The lowest BCUT2D eigenvalue weighted by Crippen LogP contribution is -2.31. The normalized spacial score (nSPS) is 57.2. The van der Waals surface area contributed by atoms with Crippen molar-refractivity contribution in [1.29, 1.82) is 0 Å². The van der Waals surface area contributed by atoms with Gasteiger partial charge in [-0.1, -0.05) is 0 Å². The Morgan fingerprint density at radius 3 is 3.09 bits per heavy atom. The zero-order chi connectivity index (χ0) is 7.64. The van der Waals surface area contributed by atoms with E-state index in [1.54, 1.807) is 7.11 Å². The van der Waals surface area contributed by atoms with Crippen molar-refractivity contribution >= 4 is 5.78 Å². The second kappa shape index (κ2) is 1.50.